The summed E-state index contributed by atoms with van der Waals surface area (Å²) < 4.78 is 13.6. The number of hydrogen-bond donors (Lipinski definition) is 2. The Labute approximate surface area is 111 Å². The van der Waals surface area contributed by atoms with Crippen LogP contribution in [-0.2, 0) is 12.0 Å². The minimum atomic E-state index is -1.19. The lowest BCUT2D eigenvalue weighted by Gasteiger charge is -2.24. The molecule has 1 unspecified atom stereocenters. The highest BCUT2D eigenvalue weighted by Gasteiger charge is 2.25. The van der Waals surface area contributed by atoms with Crippen molar-refractivity contribution >= 4 is 5.82 Å². The molecule has 1 heterocycles. The summed E-state index contributed by atoms with van der Waals surface area (Å²) in [7, 11) is 0. The fourth-order valence-electron chi connectivity index (χ4n) is 2.00. The number of nitrogens with two attached hydrogens (primary N) is 1. The van der Waals surface area contributed by atoms with Gasteiger partial charge in [-0.15, -0.1) is 0 Å². The molecule has 3 N–H and O–H groups in total. The number of aromatic nitrogens is 1. The molecule has 0 amide bonds. The van der Waals surface area contributed by atoms with Gasteiger partial charge in [-0.3, -0.25) is 0 Å². The summed E-state index contributed by atoms with van der Waals surface area (Å²) in [5.41, 5.74) is 6.40. The van der Waals surface area contributed by atoms with Crippen molar-refractivity contribution in [3.8, 4) is 0 Å². The van der Waals surface area contributed by atoms with Gasteiger partial charge in [0.25, 0.3) is 0 Å². The number of nitrogen functional groups attached to an aromatic ring is 1. The molecule has 0 aliphatic carbocycles. The molecule has 100 valence electrons. The van der Waals surface area contributed by atoms with Crippen LogP contribution in [0.15, 0.2) is 36.5 Å². The molecule has 19 heavy (non-hydrogen) atoms. The predicted octanol–water partition coefficient (Wildman–Crippen LogP) is 2.56. The maximum Gasteiger partial charge on any atom is 0.126 e. The van der Waals surface area contributed by atoms with Gasteiger partial charge in [-0.25, -0.2) is 9.37 Å². The Morgan fingerprint density at radius 1 is 1.37 bits per heavy atom. The number of nitrogens with zero attached hydrogens (tertiary/aromatic N) is 1. The van der Waals surface area contributed by atoms with E-state index in [1.54, 1.807) is 44.3 Å². The summed E-state index contributed by atoms with van der Waals surface area (Å²) in [6.45, 7) is 3.33. The molecule has 4 heteroatoms. The van der Waals surface area contributed by atoms with E-state index in [0.29, 0.717) is 16.9 Å². The fourth-order valence-corrected chi connectivity index (χ4v) is 2.00. The SMILES string of the molecule is Cc1ccc(C(C)(O)Cc2cccnc2N)cc1F. The van der Waals surface area contributed by atoms with Crippen LogP contribution < -0.4 is 5.73 Å². The number of rotatable bonds is 3. The Balaban J connectivity index is 2.32. The van der Waals surface area contributed by atoms with Crippen LogP contribution in [-0.4, -0.2) is 10.1 Å². The second-order valence-electron chi connectivity index (χ2n) is 4.96. The van der Waals surface area contributed by atoms with Crippen molar-refractivity contribution in [3.05, 3.63) is 59.0 Å². The minimum Gasteiger partial charge on any atom is -0.385 e. The monoisotopic (exact) mass is 260 g/mol. The van der Waals surface area contributed by atoms with E-state index in [0.717, 1.165) is 5.56 Å². The first-order chi connectivity index (χ1) is 8.90. The molecule has 0 saturated carbocycles. The second-order valence-corrected chi connectivity index (χ2v) is 4.96. The zero-order chi connectivity index (χ0) is 14.0. The van der Waals surface area contributed by atoms with Gasteiger partial charge in [-0.2, -0.15) is 0 Å². The van der Waals surface area contributed by atoms with Gasteiger partial charge in [0.1, 0.15) is 11.6 Å². The van der Waals surface area contributed by atoms with Gasteiger partial charge in [0.15, 0.2) is 0 Å². The summed E-state index contributed by atoms with van der Waals surface area (Å²) in [6.07, 6.45) is 1.88. The summed E-state index contributed by atoms with van der Waals surface area (Å²) in [5.74, 6) is 0.0623. The Kier molecular flexibility index (Phi) is 3.53. The molecule has 0 aliphatic rings. The van der Waals surface area contributed by atoms with Gasteiger partial charge in [0, 0.05) is 12.6 Å². The van der Waals surface area contributed by atoms with Crippen molar-refractivity contribution in [2.75, 3.05) is 5.73 Å². The van der Waals surface area contributed by atoms with Crippen molar-refractivity contribution in [1.29, 1.82) is 0 Å². The van der Waals surface area contributed by atoms with Gasteiger partial charge in [-0.05, 0) is 42.7 Å². The highest BCUT2D eigenvalue weighted by atomic mass is 19.1. The zero-order valence-electron chi connectivity index (χ0n) is 11.0. The molecule has 0 spiro atoms. The standard InChI is InChI=1S/C15H17FN2O/c1-10-5-6-12(8-13(10)16)15(2,19)9-11-4-3-7-18-14(11)17/h3-8,19H,9H2,1-2H3,(H2,17,18). The maximum atomic E-state index is 13.6. The van der Waals surface area contributed by atoms with Gasteiger partial charge in [-0.1, -0.05) is 18.2 Å². The van der Waals surface area contributed by atoms with E-state index in [2.05, 4.69) is 4.98 Å². The lowest BCUT2D eigenvalue weighted by molar-refractivity contribution is 0.0573. The van der Waals surface area contributed by atoms with Gasteiger partial charge < -0.3 is 10.8 Å². The number of hydrogen-bond acceptors (Lipinski definition) is 3. The molecule has 0 bridgehead atoms. The number of benzene rings is 1. The van der Waals surface area contributed by atoms with Crippen LogP contribution in [0.2, 0.25) is 0 Å². The van der Waals surface area contributed by atoms with Crippen LogP contribution >= 0.6 is 0 Å². The molecule has 3 nitrogen and oxygen atoms in total. The van der Waals surface area contributed by atoms with E-state index in [1.807, 2.05) is 0 Å². The third kappa shape index (κ3) is 2.90. The molecule has 1 atom stereocenters. The summed E-state index contributed by atoms with van der Waals surface area (Å²) in [6, 6.07) is 8.32. The smallest absolute Gasteiger partial charge is 0.126 e. The highest BCUT2D eigenvalue weighted by Crippen LogP contribution is 2.28. The Hall–Kier alpha value is -1.94. The Morgan fingerprint density at radius 2 is 2.11 bits per heavy atom. The molecule has 1 aromatic carbocycles. The minimum absolute atomic E-state index is 0.287. The van der Waals surface area contributed by atoms with Crippen molar-refractivity contribution in [2.24, 2.45) is 0 Å². The second kappa shape index (κ2) is 4.97. The number of aryl methyl sites for hydroxylation is 1. The average molecular weight is 260 g/mol. The largest absolute Gasteiger partial charge is 0.385 e. The number of aliphatic hydroxyl groups is 1. The quantitative estimate of drug-likeness (QED) is 0.891. The van der Waals surface area contributed by atoms with E-state index in [-0.39, 0.29) is 12.2 Å². The molecule has 0 aliphatic heterocycles. The molecular weight excluding hydrogens is 243 g/mol. The molecule has 1 aromatic heterocycles. The Bertz CT molecular complexity index is 596. The van der Waals surface area contributed by atoms with Crippen molar-refractivity contribution in [2.45, 2.75) is 25.9 Å². The molecule has 0 saturated heterocycles. The third-order valence-electron chi connectivity index (χ3n) is 3.25. The fraction of sp³-hybridized carbons (Fsp3) is 0.267. The summed E-state index contributed by atoms with van der Waals surface area (Å²) >= 11 is 0. The van der Waals surface area contributed by atoms with E-state index in [4.69, 9.17) is 5.73 Å². The van der Waals surface area contributed by atoms with E-state index >= 15 is 0 Å². The van der Waals surface area contributed by atoms with Crippen molar-refractivity contribution < 1.29 is 9.50 Å². The molecular formula is C15H17FN2O. The van der Waals surface area contributed by atoms with Crippen LogP contribution in [0.25, 0.3) is 0 Å². The lowest BCUT2D eigenvalue weighted by atomic mass is 9.88. The molecule has 2 aromatic rings. The maximum absolute atomic E-state index is 13.6. The number of anilines is 1. The predicted molar refractivity (Wildman–Crippen MR) is 73.1 cm³/mol. The van der Waals surface area contributed by atoms with E-state index in [1.165, 1.54) is 6.07 Å². The first kappa shape index (κ1) is 13.5. The van der Waals surface area contributed by atoms with Crippen LogP contribution in [0.3, 0.4) is 0 Å². The third-order valence-corrected chi connectivity index (χ3v) is 3.25. The summed E-state index contributed by atoms with van der Waals surface area (Å²) in [4.78, 5) is 3.98. The van der Waals surface area contributed by atoms with Crippen molar-refractivity contribution in [1.82, 2.24) is 4.98 Å². The van der Waals surface area contributed by atoms with Gasteiger partial charge in [0.05, 0.1) is 5.60 Å². The average Bonchev–Trinajstić information content (AvgIpc) is 2.35. The number of halogens is 1. The first-order valence-electron chi connectivity index (χ1n) is 6.08. The van der Waals surface area contributed by atoms with Crippen LogP contribution in [0.4, 0.5) is 10.2 Å². The topological polar surface area (TPSA) is 59.1 Å². The lowest BCUT2D eigenvalue weighted by Crippen LogP contribution is -2.25. The van der Waals surface area contributed by atoms with E-state index in [9.17, 15) is 9.50 Å². The molecule has 0 radical (unpaired) electrons. The molecule has 2 rings (SSSR count). The van der Waals surface area contributed by atoms with Crippen LogP contribution in [0, 0.1) is 12.7 Å². The van der Waals surface area contributed by atoms with Crippen LogP contribution in [0.5, 0.6) is 0 Å². The molecule has 0 fully saturated rings. The normalized spacial score (nSPS) is 14.1. The highest BCUT2D eigenvalue weighted by molar-refractivity contribution is 5.40. The van der Waals surface area contributed by atoms with Gasteiger partial charge >= 0.3 is 0 Å². The number of pyridine rings is 1. The van der Waals surface area contributed by atoms with E-state index < -0.39 is 5.60 Å². The van der Waals surface area contributed by atoms with Gasteiger partial charge in [0.2, 0.25) is 0 Å². The van der Waals surface area contributed by atoms with Crippen LogP contribution in [0.1, 0.15) is 23.6 Å². The Morgan fingerprint density at radius 3 is 2.74 bits per heavy atom. The van der Waals surface area contributed by atoms with Crippen molar-refractivity contribution in [3.63, 3.8) is 0 Å². The zero-order valence-corrected chi connectivity index (χ0v) is 11.0. The first-order valence-corrected chi connectivity index (χ1v) is 6.08. The summed E-state index contributed by atoms with van der Waals surface area (Å²) in [5, 5.41) is 10.5.